The van der Waals surface area contributed by atoms with Crippen LogP contribution in [0.15, 0.2) is 58.4 Å². The van der Waals surface area contributed by atoms with Crippen molar-refractivity contribution >= 4 is 15.8 Å². The lowest BCUT2D eigenvalue weighted by Crippen LogP contribution is -2.45. The van der Waals surface area contributed by atoms with Crippen molar-refractivity contribution in [1.82, 2.24) is 10.6 Å². The van der Waals surface area contributed by atoms with Crippen molar-refractivity contribution in [2.75, 3.05) is 19.3 Å². The quantitative estimate of drug-likeness (QED) is 0.543. The Labute approximate surface area is 179 Å². The normalized spacial score (nSPS) is 18.3. The Hall–Kier alpha value is -2.54. The fourth-order valence-electron chi connectivity index (χ4n) is 3.62. The van der Waals surface area contributed by atoms with Gasteiger partial charge >= 0.3 is 0 Å². The number of hydrogen-bond donors (Lipinski definition) is 2. The van der Waals surface area contributed by atoms with Gasteiger partial charge in [0.05, 0.1) is 10.9 Å². The molecule has 1 heterocycles. The molecule has 0 amide bonds. The molecule has 2 aromatic carbocycles. The standard InChI is InChI=1S/C23H31N3O3S/c1-5-24-22(25-15-14-17-10-12-18(13-11-17)30(4,27)28)26-20-16-23(2,3)29-21-9-7-6-8-19(20)21/h6-13,20H,5,14-16H2,1-4H3,(H2,24,25,26). The van der Waals surface area contributed by atoms with Crippen molar-refractivity contribution in [1.29, 1.82) is 0 Å². The Morgan fingerprint density at radius 2 is 1.87 bits per heavy atom. The van der Waals surface area contributed by atoms with Crippen molar-refractivity contribution in [3.8, 4) is 5.75 Å². The Morgan fingerprint density at radius 1 is 1.17 bits per heavy atom. The highest BCUT2D eigenvalue weighted by molar-refractivity contribution is 7.90. The van der Waals surface area contributed by atoms with Crippen LogP contribution >= 0.6 is 0 Å². The van der Waals surface area contributed by atoms with E-state index in [0.717, 1.165) is 42.2 Å². The van der Waals surface area contributed by atoms with Gasteiger partial charge in [0.1, 0.15) is 11.4 Å². The highest BCUT2D eigenvalue weighted by Crippen LogP contribution is 2.39. The molecule has 30 heavy (non-hydrogen) atoms. The summed E-state index contributed by atoms with van der Waals surface area (Å²) in [5.41, 5.74) is 1.93. The number of nitrogens with zero attached hydrogens (tertiary/aromatic N) is 1. The van der Waals surface area contributed by atoms with Gasteiger partial charge in [0.15, 0.2) is 15.8 Å². The molecule has 7 heteroatoms. The number of nitrogens with one attached hydrogen (secondary N) is 2. The van der Waals surface area contributed by atoms with Gasteiger partial charge in [-0.3, -0.25) is 4.99 Å². The molecule has 6 nitrogen and oxygen atoms in total. The van der Waals surface area contributed by atoms with Crippen LogP contribution in [0.5, 0.6) is 5.75 Å². The monoisotopic (exact) mass is 429 g/mol. The van der Waals surface area contributed by atoms with Gasteiger partial charge in [-0.05, 0) is 51.0 Å². The van der Waals surface area contributed by atoms with E-state index in [1.807, 2.05) is 37.3 Å². The molecular formula is C23H31N3O3S. The molecule has 0 aliphatic carbocycles. The van der Waals surface area contributed by atoms with Gasteiger partial charge in [-0.2, -0.15) is 0 Å². The maximum atomic E-state index is 11.6. The van der Waals surface area contributed by atoms with Gasteiger partial charge in [-0.25, -0.2) is 8.42 Å². The van der Waals surface area contributed by atoms with Crippen LogP contribution in [0.4, 0.5) is 0 Å². The molecule has 0 spiro atoms. The van der Waals surface area contributed by atoms with Crippen LogP contribution in [0.25, 0.3) is 0 Å². The zero-order chi connectivity index (χ0) is 21.8. The van der Waals surface area contributed by atoms with E-state index in [2.05, 4.69) is 30.5 Å². The third-order valence-corrected chi connectivity index (χ3v) is 6.18. The first-order chi connectivity index (χ1) is 14.2. The molecule has 162 valence electrons. The molecule has 1 aliphatic rings. The number of ether oxygens (including phenoxy) is 1. The van der Waals surface area contributed by atoms with Crippen LogP contribution in [0.1, 0.15) is 44.4 Å². The summed E-state index contributed by atoms with van der Waals surface area (Å²) in [5.74, 6) is 1.68. The molecule has 1 aliphatic heterocycles. The highest BCUT2D eigenvalue weighted by atomic mass is 32.2. The molecule has 1 unspecified atom stereocenters. The first-order valence-corrected chi connectivity index (χ1v) is 12.2. The van der Waals surface area contributed by atoms with E-state index >= 15 is 0 Å². The van der Waals surface area contributed by atoms with Gasteiger partial charge in [-0.1, -0.05) is 30.3 Å². The smallest absolute Gasteiger partial charge is 0.191 e. The van der Waals surface area contributed by atoms with E-state index in [1.54, 1.807) is 12.1 Å². The Kier molecular flexibility index (Phi) is 6.71. The number of sulfone groups is 1. The molecular weight excluding hydrogens is 398 g/mol. The lowest BCUT2D eigenvalue weighted by Gasteiger charge is -2.38. The summed E-state index contributed by atoms with van der Waals surface area (Å²) in [4.78, 5) is 5.07. The lowest BCUT2D eigenvalue weighted by atomic mass is 9.90. The van der Waals surface area contributed by atoms with Crippen LogP contribution < -0.4 is 15.4 Å². The molecule has 0 saturated carbocycles. The molecule has 2 aromatic rings. The summed E-state index contributed by atoms with van der Waals surface area (Å²) in [5, 5.41) is 6.89. The van der Waals surface area contributed by atoms with Gasteiger partial charge in [-0.15, -0.1) is 0 Å². The highest BCUT2D eigenvalue weighted by Gasteiger charge is 2.33. The predicted molar refractivity (Wildman–Crippen MR) is 121 cm³/mol. The molecule has 3 rings (SSSR count). The average molecular weight is 430 g/mol. The fraction of sp³-hybridized carbons (Fsp3) is 0.435. The Balaban J connectivity index is 1.69. The maximum Gasteiger partial charge on any atom is 0.191 e. The largest absolute Gasteiger partial charge is 0.487 e. The third-order valence-electron chi connectivity index (χ3n) is 5.05. The molecule has 0 fully saturated rings. The molecule has 0 saturated heterocycles. The van der Waals surface area contributed by atoms with Gasteiger partial charge in [0.2, 0.25) is 0 Å². The van der Waals surface area contributed by atoms with Gasteiger partial charge in [0.25, 0.3) is 0 Å². The predicted octanol–water partition coefficient (Wildman–Crippen LogP) is 3.49. The molecule has 1 atom stereocenters. The summed E-state index contributed by atoms with van der Waals surface area (Å²) >= 11 is 0. The number of benzene rings is 2. The zero-order valence-electron chi connectivity index (χ0n) is 18.1. The molecule has 0 radical (unpaired) electrons. The SMILES string of the molecule is CCNC(=NCCc1ccc(S(C)(=O)=O)cc1)NC1CC(C)(C)Oc2ccccc21. The van der Waals surface area contributed by atoms with Crippen molar-refractivity contribution in [3.05, 3.63) is 59.7 Å². The van der Waals surface area contributed by atoms with E-state index < -0.39 is 9.84 Å². The van der Waals surface area contributed by atoms with Crippen molar-refractivity contribution in [3.63, 3.8) is 0 Å². The number of para-hydroxylation sites is 1. The topological polar surface area (TPSA) is 79.8 Å². The molecule has 0 aromatic heterocycles. The number of guanidine groups is 1. The van der Waals surface area contributed by atoms with E-state index in [0.29, 0.717) is 11.4 Å². The average Bonchev–Trinajstić information content (AvgIpc) is 2.67. The first-order valence-electron chi connectivity index (χ1n) is 10.3. The van der Waals surface area contributed by atoms with Crippen LogP contribution in [-0.4, -0.2) is 39.3 Å². The summed E-state index contributed by atoms with van der Waals surface area (Å²) in [6.45, 7) is 7.61. The summed E-state index contributed by atoms with van der Waals surface area (Å²) in [6.07, 6.45) is 2.79. The summed E-state index contributed by atoms with van der Waals surface area (Å²) in [6, 6.07) is 15.2. The fourth-order valence-corrected chi connectivity index (χ4v) is 4.25. The first kappa shape index (κ1) is 22.2. The van der Waals surface area contributed by atoms with Crippen LogP contribution in [0.2, 0.25) is 0 Å². The van der Waals surface area contributed by atoms with E-state index in [4.69, 9.17) is 9.73 Å². The number of fused-ring (bicyclic) bond motifs is 1. The Morgan fingerprint density at radius 3 is 2.53 bits per heavy atom. The van der Waals surface area contributed by atoms with Crippen LogP contribution in [-0.2, 0) is 16.3 Å². The second kappa shape index (κ2) is 9.08. The minimum Gasteiger partial charge on any atom is -0.487 e. The van der Waals surface area contributed by atoms with Crippen molar-refractivity contribution in [2.45, 2.75) is 50.2 Å². The molecule has 0 bridgehead atoms. The second-order valence-corrected chi connectivity index (χ2v) is 10.2. The Bertz CT molecular complexity index is 999. The third kappa shape index (κ3) is 5.75. The minimum atomic E-state index is -3.17. The van der Waals surface area contributed by atoms with E-state index in [-0.39, 0.29) is 11.6 Å². The second-order valence-electron chi connectivity index (χ2n) is 8.23. The van der Waals surface area contributed by atoms with E-state index in [9.17, 15) is 8.42 Å². The molecule has 2 N–H and O–H groups in total. The summed E-state index contributed by atoms with van der Waals surface area (Å²) < 4.78 is 29.3. The lowest BCUT2D eigenvalue weighted by molar-refractivity contribution is 0.0694. The van der Waals surface area contributed by atoms with Gasteiger partial charge < -0.3 is 15.4 Å². The van der Waals surface area contributed by atoms with E-state index in [1.165, 1.54) is 6.26 Å². The maximum absolute atomic E-state index is 11.6. The van der Waals surface area contributed by atoms with Crippen molar-refractivity contribution < 1.29 is 13.2 Å². The number of aliphatic imine (C=N–C) groups is 1. The minimum absolute atomic E-state index is 0.108. The number of rotatable bonds is 6. The zero-order valence-corrected chi connectivity index (χ0v) is 18.9. The van der Waals surface area contributed by atoms with Gasteiger partial charge in [0, 0.05) is 31.3 Å². The summed E-state index contributed by atoms with van der Waals surface area (Å²) in [7, 11) is -3.17. The van der Waals surface area contributed by atoms with Crippen LogP contribution in [0.3, 0.4) is 0 Å². The number of hydrogen-bond acceptors (Lipinski definition) is 4. The van der Waals surface area contributed by atoms with Crippen molar-refractivity contribution in [2.24, 2.45) is 4.99 Å². The van der Waals surface area contributed by atoms with Crippen LogP contribution in [0, 0.1) is 0 Å².